The van der Waals surface area contributed by atoms with Gasteiger partial charge in [-0.1, -0.05) is 35.8 Å². The van der Waals surface area contributed by atoms with Crippen molar-refractivity contribution in [1.29, 1.82) is 0 Å². The molecule has 23 heavy (non-hydrogen) atoms. The van der Waals surface area contributed by atoms with E-state index in [2.05, 4.69) is 4.98 Å². The summed E-state index contributed by atoms with van der Waals surface area (Å²) in [5, 5.41) is 0. The van der Waals surface area contributed by atoms with Crippen molar-refractivity contribution in [3.8, 4) is 11.3 Å². The van der Waals surface area contributed by atoms with Gasteiger partial charge in [-0.3, -0.25) is 4.79 Å². The smallest absolute Gasteiger partial charge is 0.228 e. The quantitative estimate of drug-likeness (QED) is 0.744. The number of hydrogen-bond donors (Lipinski definition) is 0. The third kappa shape index (κ3) is 2.97. The van der Waals surface area contributed by atoms with E-state index in [-0.39, 0.29) is 46.7 Å². The molecule has 2 aromatic heterocycles. The lowest BCUT2D eigenvalue weighted by molar-refractivity contribution is -0.128. The summed E-state index contributed by atoms with van der Waals surface area (Å²) in [4.78, 5) is 18.3. The van der Waals surface area contributed by atoms with Crippen LogP contribution >= 0.6 is 0 Å². The summed E-state index contributed by atoms with van der Waals surface area (Å²) in [7, 11) is 3.11. The molecule has 0 aliphatic heterocycles. The van der Waals surface area contributed by atoms with Crippen LogP contribution in [0.15, 0.2) is 42.5 Å². The Bertz CT molecular complexity index is 1080. The third-order valence-electron chi connectivity index (χ3n) is 3.49. The van der Waals surface area contributed by atoms with E-state index in [1.54, 1.807) is 30.8 Å². The van der Waals surface area contributed by atoms with E-state index < -0.39 is 12.3 Å². The van der Waals surface area contributed by atoms with Crippen molar-refractivity contribution in [2.24, 2.45) is 0 Å². The van der Waals surface area contributed by atoms with Crippen molar-refractivity contribution >= 4 is 11.6 Å². The second-order valence-electron chi connectivity index (χ2n) is 5.66. The van der Waals surface area contributed by atoms with Gasteiger partial charge >= 0.3 is 0 Å². The number of hydrogen-bond acceptors (Lipinski definition) is 2. The molecule has 1 aromatic carbocycles. The molecular formula is C19H21N3O. The molecule has 3 aromatic rings. The van der Waals surface area contributed by atoms with Gasteiger partial charge in [0.25, 0.3) is 0 Å². The molecule has 0 saturated heterocycles. The summed E-state index contributed by atoms with van der Waals surface area (Å²) in [6.45, 7) is 3.40. The van der Waals surface area contributed by atoms with Gasteiger partial charge in [0.1, 0.15) is 5.65 Å². The number of amides is 1. The minimum atomic E-state index is -1.33. The van der Waals surface area contributed by atoms with Crippen molar-refractivity contribution in [3.05, 3.63) is 59.3 Å². The predicted molar refractivity (Wildman–Crippen MR) is 92.5 cm³/mol. The van der Waals surface area contributed by atoms with Gasteiger partial charge in [-0.25, -0.2) is 4.98 Å². The number of rotatable bonds is 3. The van der Waals surface area contributed by atoms with Gasteiger partial charge in [0.2, 0.25) is 5.91 Å². The normalized spacial score (nSPS) is 15.4. The second-order valence-corrected chi connectivity index (χ2v) is 5.66. The SMILES string of the molecule is [2H]c1c([2H])c(-c2nc3ccc(C)cn3c2C([2H])C(=O)N(C)C)c([2H])c([2H])c1C. The Morgan fingerprint density at radius 2 is 1.91 bits per heavy atom. The number of fused-ring (bicyclic) bond motifs is 1. The van der Waals surface area contributed by atoms with Crippen LogP contribution in [0, 0.1) is 13.8 Å². The number of imidazole rings is 1. The molecular weight excluding hydrogens is 286 g/mol. The maximum Gasteiger partial charge on any atom is 0.228 e. The van der Waals surface area contributed by atoms with E-state index in [1.807, 2.05) is 13.0 Å². The monoisotopic (exact) mass is 312 g/mol. The molecule has 0 aliphatic carbocycles. The average Bonchev–Trinajstić information content (AvgIpc) is 3.01. The maximum absolute atomic E-state index is 12.5. The van der Waals surface area contributed by atoms with Gasteiger partial charge < -0.3 is 9.30 Å². The third-order valence-corrected chi connectivity index (χ3v) is 3.49. The molecule has 0 spiro atoms. The van der Waals surface area contributed by atoms with E-state index in [9.17, 15) is 4.79 Å². The zero-order chi connectivity index (χ0) is 20.9. The zero-order valence-electron chi connectivity index (χ0n) is 18.6. The molecule has 0 aliphatic rings. The van der Waals surface area contributed by atoms with E-state index in [0.29, 0.717) is 5.65 Å². The Morgan fingerprint density at radius 1 is 1.22 bits per heavy atom. The standard InChI is InChI=1S/C19H21N3O/c1-13-5-8-15(9-6-13)19-16(11-18(23)21(3)4)22-12-14(2)7-10-17(22)20-19/h5-10,12H,11H2,1-4H3/i5D,6D,8D,9D,11D. The van der Waals surface area contributed by atoms with Crippen LogP contribution in [0.2, 0.25) is 0 Å². The number of carbonyl (C=O) groups excluding carboxylic acids is 1. The molecule has 4 nitrogen and oxygen atoms in total. The Hall–Kier alpha value is -2.62. The van der Waals surface area contributed by atoms with Crippen LogP contribution in [0.25, 0.3) is 16.9 Å². The fraction of sp³-hybridized carbons (Fsp3) is 0.263. The summed E-state index contributed by atoms with van der Waals surface area (Å²) in [6, 6.07) is 2.80. The molecule has 3 rings (SSSR count). The number of benzene rings is 1. The highest BCUT2D eigenvalue weighted by Crippen LogP contribution is 2.26. The Labute approximate surface area is 143 Å². The zero-order valence-corrected chi connectivity index (χ0v) is 13.6. The summed E-state index contributed by atoms with van der Waals surface area (Å²) in [5.74, 6) is -0.466. The molecule has 1 atom stereocenters. The molecule has 2 heterocycles. The fourth-order valence-electron chi connectivity index (χ4n) is 2.23. The van der Waals surface area contributed by atoms with Crippen molar-refractivity contribution in [2.75, 3.05) is 14.1 Å². The topological polar surface area (TPSA) is 37.6 Å². The lowest BCUT2D eigenvalue weighted by Crippen LogP contribution is -2.24. The van der Waals surface area contributed by atoms with Crippen molar-refractivity contribution < 1.29 is 11.6 Å². The average molecular weight is 312 g/mol. The Kier molecular flexibility index (Phi) is 2.61. The molecule has 4 heteroatoms. The summed E-state index contributed by atoms with van der Waals surface area (Å²) in [6.07, 6.45) is 0.418. The van der Waals surface area contributed by atoms with Crippen LogP contribution in [0.3, 0.4) is 0 Å². The minimum absolute atomic E-state index is 0.000703. The van der Waals surface area contributed by atoms with Gasteiger partial charge in [0.15, 0.2) is 0 Å². The Balaban J connectivity index is 2.44. The minimum Gasteiger partial charge on any atom is -0.348 e. The van der Waals surface area contributed by atoms with Gasteiger partial charge in [-0.2, -0.15) is 0 Å². The van der Waals surface area contributed by atoms with Crippen molar-refractivity contribution in [2.45, 2.75) is 20.2 Å². The molecule has 118 valence electrons. The number of nitrogens with zero attached hydrogens (tertiary/aromatic N) is 3. The number of aryl methyl sites for hydroxylation is 1. The molecule has 0 N–H and O–H groups in total. The predicted octanol–water partition coefficient (Wildman–Crippen LogP) is 3.25. The molecule has 1 amide bonds. The van der Waals surface area contributed by atoms with Gasteiger partial charge in [0, 0.05) is 27.2 Å². The first-order valence-corrected chi connectivity index (χ1v) is 7.25. The molecule has 0 saturated carbocycles. The van der Waals surface area contributed by atoms with Crippen LogP contribution in [-0.4, -0.2) is 34.3 Å². The molecule has 1 unspecified atom stereocenters. The molecule has 0 bridgehead atoms. The number of carbonyl (C=O) groups is 1. The lowest BCUT2D eigenvalue weighted by atomic mass is 10.1. The van der Waals surface area contributed by atoms with Crippen molar-refractivity contribution in [1.82, 2.24) is 14.3 Å². The number of likely N-dealkylation sites (N-methyl/N-ethyl adjacent to an activating group) is 1. The first-order chi connectivity index (χ1) is 13.1. The second kappa shape index (κ2) is 5.88. The highest BCUT2D eigenvalue weighted by molar-refractivity contribution is 5.81. The highest BCUT2D eigenvalue weighted by Gasteiger charge is 2.18. The van der Waals surface area contributed by atoms with Gasteiger partial charge in [0.05, 0.1) is 23.3 Å². The van der Waals surface area contributed by atoms with Crippen LogP contribution in [0.5, 0.6) is 0 Å². The van der Waals surface area contributed by atoms with E-state index in [0.717, 1.165) is 5.56 Å². The van der Waals surface area contributed by atoms with Crippen molar-refractivity contribution in [3.63, 3.8) is 0 Å². The maximum atomic E-state index is 12.5. The molecule has 0 fully saturated rings. The largest absolute Gasteiger partial charge is 0.348 e. The molecule has 0 radical (unpaired) electrons. The summed E-state index contributed by atoms with van der Waals surface area (Å²) < 4.78 is 43.1. The van der Waals surface area contributed by atoms with Crippen LogP contribution in [0.4, 0.5) is 0 Å². The van der Waals surface area contributed by atoms with Gasteiger partial charge in [-0.15, -0.1) is 0 Å². The van der Waals surface area contributed by atoms with Crippen LogP contribution < -0.4 is 0 Å². The Morgan fingerprint density at radius 3 is 2.57 bits per heavy atom. The first kappa shape index (κ1) is 10.2. The van der Waals surface area contributed by atoms with E-state index in [1.165, 1.54) is 11.8 Å². The van der Waals surface area contributed by atoms with E-state index in [4.69, 9.17) is 6.85 Å². The van der Waals surface area contributed by atoms with Crippen LogP contribution in [-0.2, 0) is 11.2 Å². The highest BCUT2D eigenvalue weighted by atomic mass is 16.2. The first-order valence-electron chi connectivity index (χ1n) is 9.83. The lowest BCUT2D eigenvalue weighted by Gasteiger charge is -2.11. The van der Waals surface area contributed by atoms with E-state index >= 15 is 0 Å². The number of aromatic nitrogens is 2. The summed E-state index contributed by atoms with van der Waals surface area (Å²) in [5.41, 5.74) is 1.95. The van der Waals surface area contributed by atoms with Gasteiger partial charge in [-0.05, 0) is 25.5 Å². The summed E-state index contributed by atoms with van der Waals surface area (Å²) >= 11 is 0. The number of pyridine rings is 1. The fourth-order valence-corrected chi connectivity index (χ4v) is 2.23. The van der Waals surface area contributed by atoms with Crippen LogP contribution in [0.1, 0.15) is 23.7 Å².